The Morgan fingerprint density at radius 1 is 1.37 bits per heavy atom. The predicted octanol–water partition coefficient (Wildman–Crippen LogP) is 2.15. The summed E-state index contributed by atoms with van der Waals surface area (Å²) in [5, 5.41) is 12.8. The van der Waals surface area contributed by atoms with E-state index in [1.807, 2.05) is 6.92 Å². The van der Waals surface area contributed by atoms with Crippen LogP contribution in [0.2, 0.25) is 0 Å². The molecule has 2 atom stereocenters. The molecule has 2 unspecified atom stereocenters. The number of aliphatic hydroxyl groups excluding tert-OH is 1. The number of nitrogens with zero attached hydrogens (tertiary/aromatic N) is 1. The summed E-state index contributed by atoms with van der Waals surface area (Å²) in [5.74, 6) is 0. The summed E-state index contributed by atoms with van der Waals surface area (Å²) in [5.41, 5.74) is -0.500. The average Bonchev–Trinajstić information content (AvgIpc) is 3.08. The van der Waals surface area contributed by atoms with Gasteiger partial charge in [0.2, 0.25) is 0 Å². The maximum absolute atomic E-state index is 12.5. The van der Waals surface area contributed by atoms with E-state index in [1.165, 1.54) is 4.90 Å². The molecule has 0 spiro atoms. The second-order valence-corrected chi connectivity index (χ2v) is 5.87. The lowest BCUT2D eigenvalue weighted by atomic mass is 9.93. The molecule has 0 radical (unpaired) electrons. The van der Waals surface area contributed by atoms with Gasteiger partial charge in [-0.25, -0.2) is 0 Å². The zero-order chi connectivity index (χ0) is 14.7. The smallest absolute Gasteiger partial charge is 0.394 e. The highest BCUT2D eigenvalue weighted by Crippen LogP contribution is 2.26. The molecule has 1 saturated carbocycles. The lowest BCUT2D eigenvalue weighted by Crippen LogP contribution is -2.52. The molecule has 0 amide bonds. The van der Waals surface area contributed by atoms with Crippen LogP contribution in [0.3, 0.4) is 0 Å². The van der Waals surface area contributed by atoms with Crippen molar-refractivity contribution in [2.75, 3.05) is 19.7 Å². The van der Waals surface area contributed by atoms with Gasteiger partial charge in [-0.2, -0.15) is 13.2 Å². The Kier molecular flexibility index (Phi) is 5.65. The van der Waals surface area contributed by atoms with Gasteiger partial charge in [0.05, 0.1) is 13.2 Å². The average molecular weight is 282 g/mol. The normalized spacial score (nSPS) is 21.5. The Labute approximate surface area is 113 Å². The topological polar surface area (TPSA) is 35.5 Å². The van der Waals surface area contributed by atoms with Gasteiger partial charge >= 0.3 is 6.18 Å². The fourth-order valence-corrected chi connectivity index (χ4v) is 2.48. The molecule has 114 valence electrons. The van der Waals surface area contributed by atoms with E-state index in [4.69, 9.17) is 0 Å². The van der Waals surface area contributed by atoms with Crippen LogP contribution in [0, 0.1) is 0 Å². The number of aliphatic hydroxyl groups is 1. The van der Waals surface area contributed by atoms with Gasteiger partial charge in [-0.3, -0.25) is 4.90 Å². The highest BCUT2D eigenvalue weighted by molar-refractivity contribution is 4.94. The maximum Gasteiger partial charge on any atom is 0.401 e. The fraction of sp³-hybridized carbons (Fsp3) is 1.00. The van der Waals surface area contributed by atoms with Gasteiger partial charge < -0.3 is 10.4 Å². The zero-order valence-corrected chi connectivity index (χ0v) is 11.9. The summed E-state index contributed by atoms with van der Waals surface area (Å²) < 4.78 is 37.4. The van der Waals surface area contributed by atoms with Crippen molar-refractivity contribution in [2.45, 2.75) is 63.8 Å². The number of hydrogen-bond acceptors (Lipinski definition) is 3. The van der Waals surface area contributed by atoms with Crippen molar-refractivity contribution in [1.29, 1.82) is 0 Å². The highest BCUT2D eigenvalue weighted by atomic mass is 19.4. The quantitative estimate of drug-likeness (QED) is 0.716. The van der Waals surface area contributed by atoms with Gasteiger partial charge in [-0.05, 0) is 39.7 Å². The molecule has 19 heavy (non-hydrogen) atoms. The van der Waals surface area contributed by atoms with Gasteiger partial charge in [-0.15, -0.1) is 0 Å². The van der Waals surface area contributed by atoms with Crippen molar-refractivity contribution in [3.8, 4) is 0 Å². The Morgan fingerprint density at radius 2 is 1.95 bits per heavy atom. The summed E-state index contributed by atoms with van der Waals surface area (Å²) in [6, 6.07) is 0.192. The molecule has 1 aliphatic carbocycles. The van der Waals surface area contributed by atoms with E-state index >= 15 is 0 Å². The van der Waals surface area contributed by atoms with E-state index in [9.17, 15) is 18.3 Å². The van der Waals surface area contributed by atoms with Crippen molar-refractivity contribution < 1.29 is 18.3 Å². The zero-order valence-electron chi connectivity index (χ0n) is 11.9. The molecular weight excluding hydrogens is 257 g/mol. The summed E-state index contributed by atoms with van der Waals surface area (Å²) in [7, 11) is 0. The molecule has 1 rings (SSSR count). The van der Waals surface area contributed by atoms with Gasteiger partial charge in [0, 0.05) is 17.6 Å². The minimum atomic E-state index is -4.18. The van der Waals surface area contributed by atoms with Crippen LogP contribution in [0.4, 0.5) is 13.2 Å². The molecule has 1 aliphatic rings. The number of nitrogens with one attached hydrogen (secondary N) is 1. The first kappa shape index (κ1) is 16.7. The lowest BCUT2D eigenvalue weighted by Gasteiger charge is -2.37. The number of alkyl halides is 3. The molecule has 0 aromatic carbocycles. The molecular formula is C13H25F3N2O. The number of halogens is 3. The summed E-state index contributed by atoms with van der Waals surface area (Å²) >= 11 is 0. The molecule has 2 N–H and O–H groups in total. The van der Waals surface area contributed by atoms with Crippen LogP contribution in [0.15, 0.2) is 0 Å². The van der Waals surface area contributed by atoms with Crippen LogP contribution >= 0.6 is 0 Å². The van der Waals surface area contributed by atoms with Crippen molar-refractivity contribution in [2.24, 2.45) is 0 Å². The molecule has 0 bridgehead atoms. The summed E-state index contributed by atoms with van der Waals surface area (Å²) in [4.78, 5) is 1.41. The third-order valence-electron chi connectivity index (χ3n) is 3.64. The molecule has 3 nitrogen and oxygen atoms in total. The Balaban J connectivity index is 2.55. The van der Waals surface area contributed by atoms with Crippen molar-refractivity contribution in [1.82, 2.24) is 10.2 Å². The molecule has 6 heteroatoms. The first-order valence-corrected chi connectivity index (χ1v) is 6.88. The lowest BCUT2D eigenvalue weighted by molar-refractivity contribution is -0.150. The SMILES string of the molecule is CCN(CC(F)(F)F)C(C)CC(C)(CO)NC1CC1. The largest absolute Gasteiger partial charge is 0.401 e. The van der Waals surface area contributed by atoms with E-state index in [0.29, 0.717) is 19.0 Å². The first-order chi connectivity index (χ1) is 8.69. The Bertz CT molecular complexity index is 282. The molecule has 0 heterocycles. The van der Waals surface area contributed by atoms with E-state index < -0.39 is 18.3 Å². The van der Waals surface area contributed by atoms with Gasteiger partial charge in [0.25, 0.3) is 0 Å². The maximum atomic E-state index is 12.5. The minimum absolute atomic E-state index is 0.0581. The second-order valence-electron chi connectivity index (χ2n) is 5.87. The van der Waals surface area contributed by atoms with E-state index in [0.717, 1.165) is 12.8 Å². The predicted molar refractivity (Wildman–Crippen MR) is 69.0 cm³/mol. The number of hydrogen-bond donors (Lipinski definition) is 2. The standard InChI is InChI=1S/C13H25F3N2O/c1-4-18(8-13(14,15)16)10(2)7-12(3,9-19)17-11-5-6-11/h10-11,17,19H,4-9H2,1-3H3. The molecule has 0 saturated heterocycles. The van der Waals surface area contributed by atoms with Gasteiger partial charge in [0.15, 0.2) is 0 Å². The van der Waals surface area contributed by atoms with Crippen LogP contribution < -0.4 is 5.32 Å². The Morgan fingerprint density at radius 3 is 2.32 bits per heavy atom. The van der Waals surface area contributed by atoms with Crippen LogP contribution in [-0.2, 0) is 0 Å². The monoisotopic (exact) mass is 282 g/mol. The molecule has 1 fully saturated rings. The summed E-state index contributed by atoms with van der Waals surface area (Å²) in [6.07, 6.45) is -1.50. The van der Waals surface area contributed by atoms with E-state index in [2.05, 4.69) is 5.32 Å². The van der Waals surface area contributed by atoms with Crippen molar-refractivity contribution in [3.05, 3.63) is 0 Å². The number of rotatable bonds is 8. The van der Waals surface area contributed by atoms with Crippen LogP contribution in [-0.4, -0.2) is 53.5 Å². The fourth-order valence-electron chi connectivity index (χ4n) is 2.48. The summed E-state index contributed by atoms with van der Waals surface area (Å²) in [6.45, 7) is 4.80. The third kappa shape index (κ3) is 6.10. The molecule has 0 aromatic rings. The van der Waals surface area contributed by atoms with E-state index in [-0.39, 0.29) is 12.6 Å². The van der Waals surface area contributed by atoms with Crippen molar-refractivity contribution in [3.63, 3.8) is 0 Å². The Hall–Kier alpha value is -0.330. The molecule has 0 aliphatic heterocycles. The van der Waals surface area contributed by atoms with Crippen LogP contribution in [0.25, 0.3) is 0 Å². The highest BCUT2D eigenvalue weighted by Gasteiger charge is 2.37. The van der Waals surface area contributed by atoms with Crippen molar-refractivity contribution >= 4 is 0 Å². The minimum Gasteiger partial charge on any atom is -0.394 e. The van der Waals surface area contributed by atoms with Gasteiger partial charge in [0.1, 0.15) is 0 Å². The third-order valence-corrected chi connectivity index (χ3v) is 3.64. The van der Waals surface area contributed by atoms with Gasteiger partial charge in [-0.1, -0.05) is 6.92 Å². The van der Waals surface area contributed by atoms with Crippen LogP contribution in [0.1, 0.15) is 40.0 Å². The second kappa shape index (κ2) is 6.41. The van der Waals surface area contributed by atoms with E-state index in [1.54, 1.807) is 13.8 Å². The molecule has 0 aromatic heterocycles. The van der Waals surface area contributed by atoms with Crippen LogP contribution in [0.5, 0.6) is 0 Å². The first-order valence-electron chi connectivity index (χ1n) is 6.88.